The third-order valence-corrected chi connectivity index (χ3v) is 3.31. The van der Waals surface area contributed by atoms with E-state index in [9.17, 15) is 4.79 Å². The molecule has 5 heteroatoms. The lowest BCUT2D eigenvalue weighted by atomic mass is 10.1. The van der Waals surface area contributed by atoms with Crippen LogP contribution in [0.4, 0.5) is 5.69 Å². The average Bonchev–Trinajstić information content (AvgIpc) is 2.47. The van der Waals surface area contributed by atoms with Crippen LogP contribution in [-0.4, -0.2) is 24.2 Å². The van der Waals surface area contributed by atoms with Crippen LogP contribution in [0.15, 0.2) is 30.4 Å². The molecule has 0 bridgehead atoms. The summed E-state index contributed by atoms with van der Waals surface area (Å²) >= 11 is 0. The Balaban J connectivity index is 2.00. The van der Waals surface area contributed by atoms with E-state index in [-0.39, 0.29) is 5.91 Å². The molecule has 21 heavy (non-hydrogen) atoms. The quantitative estimate of drug-likeness (QED) is 0.624. The van der Waals surface area contributed by atoms with E-state index in [0.717, 1.165) is 42.9 Å². The highest BCUT2D eigenvalue weighted by atomic mass is 16.5. The summed E-state index contributed by atoms with van der Waals surface area (Å²) in [5.74, 6) is 0.710. The lowest BCUT2D eigenvalue weighted by Crippen LogP contribution is -2.43. The second kappa shape index (κ2) is 7.24. The summed E-state index contributed by atoms with van der Waals surface area (Å²) in [6.45, 7) is 9.74. The van der Waals surface area contributed by atoms with Gasteiger partial charge in [0.25, 0.3) is 5.91 Å². The van der Waals surface area contributed by atoms with Crippen molar-refractivity contribution in [1.82, 2.24) is 10.4 Å². The molecule has 1 aliphatic heterocycles. The lowest BCUT2D eigenvalue weighted by Gasteiger charge is -2.29. The van der Waals surface area contributed by atoms with Crippen molar-refractivity contribution in [3.8, 4) is 5.75 Å². The van der Waals surface area contributed by atoms with Crippen molar-refractivity contribution >= 4 is 11.6 Å². The Labute approximate surface area is 125 Å². The summed E-state index contributed by atoms with van der Waals surface area (Å²) < 4.78 is 5.71. The van der Waals surface area contributed by atoms with E-state index in [2.05, 4.69) is 24.2 Å². The number of carbonyl (C=O) groups is 1. The maximum atomic E-state index is 11.7. The van der Waals surface area contributed by atoms with E-state index in [4.69, 9.17) is 4.74 Å². The maximum Gasteiger partial charge on any atom is 0.250 e. The van der Waals surface area contributed by atoms with Crippen LogP contribution in [0.3, 0.4) is 0 Å². The Kier molecular flexibility index (Phi) is 5.36. The van der Waals surface area contributed by atoms with Crippen LogP contribution in [0, 0.1) is 0 Å². The Hall–Kier alpha value is -1.85. The number of nitrogens with zero attached hydrogens (tertiary/aromatic N) is 1. The van der Waals surface area contributed by atoms with E-state index in [1.807, 2.05) is 23.2 Å². The van der Waals surface area contributed by atoms with Crippen LogP contribution < -0.4 is 15.5 Å². The molecule has 2 rings (SSSR count). The van der Waals surface area contributed by atoms with Gasteiger partial charge in [-0.3, -0.25) is 10.2 Å². The summed E-state index contributed by atoms with van der Waals surface area (Å²) in [7, 11) is 0. The van der Waals surface area contributed by atoms with Gasteiger partial charge in [0.15, 0.2) is 6.73 Å². The van der Waals surface area contributed by atoms with Crippen molar-refractivity contribution < 1.29 is 9.53 Å². The van der Waals surface area contributed by atoms with E-state index in [1.165, 1.54) is 0 Å². The number of rotatable bonds is 6. The monoisotopic (exact) mass is 289 g/mol. The Morgan fingerprint density at radius 3 is 3.00 bits per heavy atom. The minimum absolute atomic E-state index is 0.162. The Morgan fingerprint density at radius 2 is 2.29 bits per heavy atom. The number of fused-ring (bicyclic) bond motifs is 1. The second-order valence-electron chi connectivity index (χ2n) is 5.29. The largest absolute Gasteiger partial charge is 0.477 e. The highest BCUT2D eigenvalue weighted by molar-refractivity contribution is 6.02. The van der Waals surface area contributed by atoms with Crippen molar-refractivity contribution in [3.05, 3.63) is 35.9 Å². The molecule has 1 heterocycles. The van der Waals surface area contributed by atoms with E-state index >= 15 is 0 Å². The molecular weight excluding hydrogens is 266 g/mol. The fourth-order valence-corrected chi connectivity index (χ4v) is 2.07. The molecular formula is C16H23N3O2. The van der Waals surface area contributed by atoms with E-state index < -0.39 is 0 Å². The van der Waals surface area contributed by atoms with Gasteiger partial charge in [0.2, 0.25) is 0 Å². The number of amides is 1. The molecule has 0 spiro atoms. The third kappa shape index (κ3) is 4.31. The number of unbranched alkanes of at least 4 members (excludes halogenated alkanes) is 1. The smallest absolute Gasteiger partial charge is 0.250 e. The molecule has 0 saturated heterocycles. The first kappa shape index (κ1) is 15.5. The molecule has 0 aliphatic carbocycles. The topological polar surface area (TPSA) is 53.6 Å². The molecule has 0 radical (unpaired) electrons. The van der Waals surface area contributed by atoms with Gasteiger partial charge in [-0.2, -0.15) is 0 Å². The maximum absolute atomic E-state index is 11.7. The summed E-state index contributed by atoms with van der Waals surface area (Å²) in [5, 5.41) is 4.87. The first-order chi connectivity index (χ1) is 10.1. The van der Waals surface area contributed by atoms with Crippen molar-refractivity contribution in [2.75, 3.05) is 18.6 Å². The third-order valence-electron chi connectivity index (χ3n) is 3.31. The number of hydrogen-bond donors (Lipinski definition) is 2. The van der Waals surface area contributed by atoms with E-state index in [0.29, 0.717) is 12.3 Å². The van der Waals surface area contributed by atoms with Crippen LogP contribution in [0.2, 0.25) is 0 Å². The Morgan fingerprint density at radius 1 is 1.48 bits per heavy atom. The van der Waals surface area contributed by atoms with Crippen LogP contribution in [-0.2, 0) is 11.3 Å². The van der Waals surface area contributed by atoms with Crippen LogP contribution in [0.1, 0.15) is 32.3 Å². The van der Waals surface area contributed by atoms with Gasteiger partial charge in [-0.15, -0.1) is 0 Å². The van der Waals surface area contributed by atoms with Crippen molar-refractivity contribution in [1.29, 1.82) is 0 Å². The van der Waals surface area contributed by atoms with Gasteiger partial charge in [-0.1, -0.05) is 19.9 Å². The number of carbonyl (C=O) groups excluding carboxylic acids is 1. The minimum Gasteiger partial charge on any atom is -0.477 e. The molecule has 1 aromatic rings. The normalized spacial score (nSPS) is 14.2. The first-order valence-corrected chi connectivity index (χ1v) is 7.31. The number of ether oxygens (including phenoxy) is 1. The number of hydrogen-bond acceptors (Lipinski definition) is 4. The molecule has 0 fully saturated rings. The number of nitrogens with one attached hydrogen (secondary N) is 2. The highest BCUT2D eigenvalue weighted by Crippen LogP contribution is 2.27. The molecule has 0 unspecified atom stereocenters. The summed E-state index contributed by atoms with van der Waals surface area (Å²) in [6.07, 6.45) is 2.30. The molecule has 1 aliphatic rings. The van der Waals surface area contributed by atoms with Crippen LogP contribution in [0.25, 0.3) is 0 Å². The minimum atomic E-state index is -0.162. The average molecular weight is 289 g/mol. The highest BCUT2D eigenvalue weighted by Gasteiger charge is 2.17. The summed E-state index contributed by atoms with van der Waals surface area (Å²) in [4.78, 5) is 11.7. The lowest BCUT2D eigenvalue weighted by molar-refractivity contribution is -0.112. The molecule has 5 nitrogen and oxygen atoms in total. The van der Waals surface area contributed by atoms with Crippen molar-refractivity contribution in [2.24, 2.45) is 0 Å². The second-order valence-corrected chi connectivity index (χ2v) is 5.29. The van der Waals surface area contributed by atoms with Gasteiger partial charge in [0.1, 0.15) is 5.75 Å². The zero-order chi connectivity index (χ0) is 15.2. The standard InChI is InChI=1S/C16H23N3O2/c1-4-5-8-17-19-10-13-9-14(18-16(20)12(2)3)6-7-15(13)21-11-19/h6-7,9,17H,2,4-5,8,10-11H2,1,3H3,(H,18,20). The van der Waals surface area contributed by atoms with Crippen LogP contribution >= 0.6 is 0 Å². The zero-order valence-corrected chi connectivity index (χ0v) is 12.7. The van der Waals surface area contributed by atoms with Gasteiger partial charge < -0.3 is 10.1 Å². The van der Waals surface area contributed by atoms with Gasteiger partial charge in [0.05, 0.1) is 0 Å². The summed E-state index contributed by atoms with van der Waals surface area (Å²) in [5.41, 5.74) is 5.67. The SMILES string of the molecule is C=C(C)C(=O)Nc1ccc2c(c1)CN(NCCCC)CO2. The molecule has 114 valence electrons. The van der Waals surface area contributed by atoms with Crippen molar-refractivity contribution in [2.45, 2.75) is 33.2 Å². The molecule has 2 N–H and O–H groups in total. The molecule has 0 saturated carbocycles. The summed E-state index contributed by atoms with van der Waals surface area (Å²) in [6, 6.07) is 5.69. The molecule has 0 atom stereocenters. The van der Waals surface area contributed by atoms with Crippen molar-refractivity contribution in [3.63, 3.8) is 0 Å². The number of hydrazine groups is 1. The molecule has 1 aromatic carbocycles. The number of anilines is 1. The van der Waals surface area contributed by atoms with Gasteiger partial charge in [-0.25, -0.2) is 5.01 Å². The number of benzene rings is 1. The van der Waals surface area contributed by atoms with Crippen LogP contribution in [0.5, 0.6) is 5.75 Å². The Bertz CT molecular complexity index is 528. The fraction of sp³-hybridized carbons (Fsp3) is 0.438. The zero-order valence-electron chi connectivity index (χ0n) is 12.7. The predicted molar refractivity (Wildman–Crippen MR) is 83.8 cm³/mol. The molecule has 0 aromatic heterocycles. The van der Waals surface area contributed by atoms with E-state index in [1.54, 1.807) is 6.92 Å². The fourth-order valence-electron chi connectivity index (χ4n) is 2.07. The van der Waals surface area contributed by atoms with Gasteiger partial charge >= 0.3 is 0 Å². The first-order valence-electron chi connectivity index (χ1n) is 7.31. The van der Waals surface area contributed by atoms with Gasteiger partial charge in [0, 0.05) is 29.9 Å². The molecule has 1 amide bonds. The van der Waals surface area contributed by atoms with Gasteiger partial charge in [-0.05, 0) is 31.5 Å². The predicted octanol–water partition coefficient (Wildman–Crippen LogP) is 2.66.